The number of hydrogen-bond donors (Lipinski definition) is 1. The molecule has 16 heavy (non-hydrogen) atoms. The minimum atomic E-state index is 0. The van der Waals surface area contributed by atoms with Gasteiger partial charge >= 0.3 is 0 Å². The van der Waals surface area contributed by atoms with Gasteiger partial charge < -0.3 is 5.73 Å². The van der Waals surface area contributed by atoms with E-state index in [1.165, 1.54) is 19.4 Å². The molecule has 1 fully saturated rings. The molecular formula is C11H19ClN4. The third kappa shape index (κ3) is 2.90. The summed E-state index contributed by atoms with van der Waals surface area (Å²) in [5.74, 6) is 0.871. The van der Waals surface area contributed by atoms with Gasteiger partial charge in [0.2, 0.25) is 0 Å². The van der Waals surface area contributed by atoms with Gasteiger partial charge in [0.1, 0.15) is 5.82 Å². The number of nitrogens with two attached hydrogens (primary N) is 1. The Labute approximate surface area is 103 Å². The Morgan fingerprint density at radius 3 is 3.00 bits per heavy atom. The van der Waals surface area contributed by atoms with Crippen molar-refractivity contribution in [2.75, 3.05) is 20.1 Å². The molecule has 90 valence electrons. The van der Waals surface area contributed by atoms with Gasteiger partial charge in [0.05, 0.1) is 11.7 Å². The zero-order valence-electron chi connectivity index (χ0n) is 9.59. The maximum absolute atomic E-state index is 5.50. The number of likely N-dealkylation sites (tertiary alicyclic amines) is 1. The van der Waals surface area contributed by atoms with Crippen LogP contribution in [0.5, 0.6) is 0 Å². The van der Waals surface area contributed by atoms with Crippen molar-refractivity contribution in [1.82, 2.24) is 14.9 Å². The van der Waals surface area contributed by atoms with Crippen LogP contribution in [-0.4, -0.2) is 35.0 Å². The van der Waals surface area contributed by atoms with E-state index >= 15 is 0 Å². The molecule has 0 aromatic carbocycles. The summed E-state index contributed by atoms with van der Waals surface area (Å²) >= 11 is 0. The molecule has 2 rings (SSSR count). The number of aromatic nitrogens is 2. The van der Waals surface area contributed by atoms with Crippen LogP contribution >= 0.6 is 12.4 Å². The maximum atomic E-state index is 5.50. The lowest BCUT2D eigenvalue weighted by molar-refractivity contribution is 0.311. The summed E-state index contributed by atoms with van der Waals surface area (Å²) in [4.78, 5) is 11.1. The van der Waals surface area contributed by atoms with Crippen LogP contribution in [0.25, 0.3) is 0 Å². The van der Waals surface area contributed by atoms with E-state index in [9.17, 15) is 0 Å². The Morgan fingerprint density at radius 1 is 1.56 bits per heavy atom. The van der Waals surface area contributed by atoms with Crippen LogP contribution in [0.15, 0.2) is 12.3 Å². The van der Waals surface area contributed by atoms with Gasteiger partial charge in [-0.3, -0.25) is 4.90 Å². The lowest BCUT2D eigenvalue weighted by Gasteiger charge is -2.18. The monoisotopic (exact) mass is 242 g/mol. The maximum Gasteiger partial charge on any atom is 0.129 e. The molecule has 2 heterocycles. The van der Waals surface area contributed by atoms with Crippen molar-refractivity contribution in [2.45, 2.75) is 25.3 Å². The Kier molecular flexibility index (Phi) is 5.12. The lowest BCUT2D eigenvalue weighted by Crippen LogP contribution is -2.19. The molecule has 0 bridgehead atoms. The first-order valence-electron chi connectivity index (χ1n) is 5.53. The van der Waals surface area contributed by atoms with E-state index in [1.54, 1.807) is 0 Å². The molecule has 0 amide bonds. The zero-order valence-corrected chi connectivity index (χ0v) is 10.4. The molecule has 1 atom stereocenters. The largest absolute Gasteiger partial charge is 0.330 e. The first kappa shape index (κ1) is 13.4. The predicted molar refractivity (Wildman–Crippen MR) is 66.6 cm³/mol. The summed E-state index contributed by atoms with van der Waals surface area (Å²) < 4.78 is 0. The summed E-state index contributed by atoms with van der Waals surface area (Å²) in [6.45, 7) is 1.78. The summed E-state index contributed by atoms with van der Waals surface area (Å²) in [5, 5.41) is 0. The van der Waals surface area contributed by atoms with E-state index < -0.39 is 0 Å². The molecule has 0 aliphatic carbocycles. The standard InChI is InChI=1S/C11H18N4.ClH/c1-15-8-2-3-10(15)9-5-7-13-11(14-9)4-6-12;/h5,7,10H,2-4,6,8,12H2,1H3;1H. The number of nitrogens with zero attached hydrogens (tertiary/aromatic N) is 3. The van der Waals surface area contributed by atoms with Crippen LogP contribution in [0.4, 0.5) is 0 Å². The zero-order chi connectivity index (χ0) is 10.7. The first-order valence-corrected chi connectivity index (χ1v) is 5.53. The molecule has 1 aliphatic heterocycles. The highest BCUT2D eigenvalue weighted by Gasteiger charge is 2.23. The smallest absolute Gasteiger partial charge is 0.129 e. The van der Waals surface area contributed by atoms with Crippen molar-refractivity contribution in [3.8, 4) is 0 Å². The fourth-order valence-electron chi connectivity index (χ4n) is 2.13. The Hall–Kier alpha value is -0.710. The third-order valence-electron chi connectivity index (χ3n) is 2.96. The van der Waals surface area contributed by atoms with Crippen LogP contribution in [0.3, 0.4) is 0 Å². The van der Waals surface area contributed by atoms with Crippen molar-refractivity contribution in [3.05, 3.63) is 23.8 Å². The second-order valence-electron chi connectivity index (χ2n) is 4.08. The normalized spacial score (nSPS) is 20.8. The van der Waals surface area contributed by atoms with E-state index in [4.69, 9.17) is 5.73 Å². The highest BCUT2D eigenvalue weighted by Crippen LogP contribution is 2.28. The molecule has 1 aromatic rings. The molecule has 5 heteroatoms. The summed E-state index contributed by atoms with van der Waals surface area (Å²) in [6, 6.07) is 2.50. The molecule has 0 saturated carbocycles. The first-order chi connectivity index (χ1) is 7.31. The van der Waals surface area contributed by atoms with Gasteiger partial charge in [-0.15, -0.1) is 12.4 Å². The molecule has 1 aromatic heterocycles. The van der Waals surface area contributed by atoms with Gasteiger partial charge in [-0.1, -0.05) is 0 Å². The quantitative estimate of drug-likeness (QED) is 0.865. The minimum Gasteiger partial charge on any atom is -0.330 e. The SMILES string of the molecule is CN1CCCC1c1ccnc(CCN)n1.Cl. The average molecular weight is 243 g/mol. The highest BCUT2D eigenvalue weighted by atomic mass is 35.5. The molecule has 0 spiro atoms. The summed E-state index contributed by atoms with van der Waals surface area (Å²) in [5.41, 5.74) is 6.65. The molecule has 1 saturated heterocycles. The van der Waals surface area contributed by atoms with Crippen LogP contribution < -0.4 is 5.73 Å². The van der Waals surface area contributed by atoms with Crippen molar-refractivity contribution < 1.29 is 0 Å². The lowest BCUT2D eigenvalue weighted by atomic mass is 10.1. The topological polar surface area (TPSA) is 55.0 Å². The number of rotatable bonds is 3. The molecule has 2 N–H and O–H groups in total. The molecule has 4 nitrogen and oxygen atoms in total. The Morgan fingerprint density at radius 2 is 2.38 bits per heavy atom. The summed E-state index contributed by atoms with van der Waals surface area (Å²) in [7, 11) is 2.16. The van der Waals surface area contributed by atoms with Gasteiger partial charge in [0, 0.05) is 12.6 Å². The van der Waals surface area contributed by atoms with E-state index in [1.807, 2.05) is 12.3 Å². The second kappa shape index (κ2) is 6.13. The van der Waals surface area contributed by atoms with E-state index in [2.05, 4.69) is 21.9 Å². The van der Waals surface area contributed by atoms with Gasteiger partial charge in [-0.05, 0) is 39.0 Å². The van der Waals surface area contributed by atoms with E-state index in [0.717, 1.165) is 17.9 Å². The van der Waals surface area contributed by atoms with Gasteiger partial charge in [0.15, 0.2) is 0 Å². The van der Waals surface area contributed by atoms with E-state index in [-0.39, 0.29) is 12.4 Å². The number of halogens is 1. The van der Waals surface area contributed by atoms with Crippen LogP contribution in [0.1, 0.15) is 30.4 Å². The fraction of sp³-hybridized carbons (Fsp3) is 0.636. The van der Waals surface area contributed by atoms with Crippen LogP contribution in [0.2, 0.25) is 0 Å². The highest BCUT2D eigenvalue weighted by molar-refractivity contribution is 5.85. The van der Waals surface area contributed by atoms with Crippen molar-refractivity contribution >= 4 is 12.4 Å². The van der Waals surface area contributed by atoms with Gasteiger partial charge in [-0.25, -0.2) is 9.97 Å². The third-order valence-corrected chi connectivity index (χ3v) is 2.96. The van der Waals surface area contributed by atoms with Gasteiger partial charge in [-0.2, -0.15) is 0 Å². The molecule has 0 radical (unpaired) electrons. The fourth-order valence-corrected chi connectivity index (χ4v) is 2.13. The van der Waals surface area contributed by atoms with Crippen molar-refractivity contribution in [1.29, 1.82) is 0 Å². The number of hydrogen-bond acceptors (Lipinski definition) is 4. The van der Waals surface area contributed by atoms with Crippen LogP contribution in [0, 0.1) is 0 Å². The predicted octanol–water partition coefficient (Wildman–Crippen LogP) is 1.17. The van der Waals surface area contributed by atoms with Crippen molar-refractivity contribution in [2.24, 2.45) is 5.73 Å². The van der Waals surface area contributed by atoms with Crippen molar-refractivity contribution in [3.63, 3.8) is 0 Å². The molecular weight excluding hydrogens is 224 g/mol. The summed E-state index contributed by atoms with van der Waals surface area (Å²) in [6.07, 6.45) is 5.08. The van der Waals surface area contributed by atoms with E-state index in [0.29, 0.717) is 12.6 Å². The molecule has 1 aliphatic rings. The molecule has 1 unspecified atom stereocenters. The minimum absolute atomic E-state index is 0. The van der Waals surface area contributed by atoms with Crippen LogP contribution in [-0.2, 0) is 6.42 Å². The second-order valence-corrected chi connectivity index (χ2v) is 4.08. The Balaban J connectivity index is 0.00000128. The Bertz CT molecular complexity index is 332. The average Bonchev–Trinajstić information content (AvgIpc) is 2.65. The van der Waals surface area contributed by atoms with Gasteiger partial charge in [0.25, 0.3) is 0 Å².